The molecule has 13 nitrogen and oxygen atoms in total. The molecule has 5 rings (SSSR count). The molecular weight excluding hydrogens is 664 g/mol. The average molecular weight is 719 g/mol. The van der Waals surface area contributed by atoms with Gasteiger partial charge in [-0.05, 0) is 82.4 Å². The Balaban J connectivity index is 1.52. The summed E-state index contributed by atoms with van der Waals surface area (Å²) in [6.45, 7) is 14.2. The minimum atomic E-state index is -2.09. The van der Waals surface area contributed by atoms with Crippen LogP contribution in [0.1, 0.15) is 81.6 Å². The van der Waals surface area contributed by atoms with Crippen LogP contribution in [0.5, 0.6) is 0 Å². The molecule has 0 radical (unpaired) electrons. The molecule has 0 aromatic rings. The number of rotatable bonds is 8. The summed E-state index contributed by atoms with van der Waals surface area (Å²) in [4.78, 5) is 53.9. The van der Waals surface area contributed by atoms with Crippen LogP contribution in [0.4, 0.5) is 0 Å². The van der Waals surface area contributed by atoms with Gasteiger partial charge in [-0.2, -0.15) is 0 Å². The molecule has 5 aliphatic rings. The second kappa shape index (κ2) is 12.7. The van der Waals surface area contributed by atoms with Gasteiger partial charge in [-0.15, -0.1) is 0 Å². The van der Waals surface area contributed by atoms with Crippen molar-refractivity contribution in [2.24, 2.45) is 39.4 Å². The molecule has 1 heterocycles. The third kappa shape index (κ3) is 5.87. The third-order valence-corrected chi connectivity index (χ3v) is 13.3. The first-order valence-electron chi connectivity index (χ1n) is 17.6. The predicted octanol–water partition coefficient (Wildman–Crippen LogP) is 1.45. The van der Waals surface area contributed by atoms with Gasteiger partial charge in [0.1, 0.15) is 41.4 Å². The van der Waals surface area contributed by atoms with Crippen molar-refractivity contribution in [1.82, 2.24) is 0 Å². The van der Waals surface area contributed by atoms with E-state index >= 15 is 0 Å². The standard InChI is InChI=1S/C38H54O13/c1-18(40)51-33(2,3)13-12-25(42)38(9,48)30-21(41)15-35(6)24-11-10-19-20(37(24,8)26(43)16-36(30,35)7)14-22(31(47)34(19,4)5)49-32-29(46)28(45)27(44)23(17-39)50-32/h10,12-14,20-21,23-24,27-30,32,39,41,44-46,48H,11,15-17H2,1-9H3/b13-12+/t20-,21+,23+,24-,27+,28-,29+,30-,32+,35-,36+,37-,38-/m0/s1. The van der Waals surface area contributed by atoms with Crippen LogP contribution in [0.15, 0.2) is 35.6 Å². The molecule has 13 heteroatoms. The highest BCUT2D eigenvalue weighted by Crippen LogP contribution is 2.73. The molecule has 1 saturated heterocycles. The number of hydrogen-bond acceptors (Lipinski definition) is 13. The quantitative estimate of drug-likeness (QED) is 0.119. The first kappa shape index (κ1) is 39.4. The number of hydrogen-bond donors (Lipinski definition) is 6. The van der Waals surface area contributed by atoms with Crippen molar-refractivity contribution in [3.05, 3.63) is 35.6 Å². The van der Waals surface area contributed by atoms with Crippen molar-refractivity contribution in [2.45, 2.75) is 130 Å². The monoisotopic (exact) mass is 718 g/mol. The van der Waals surface area contributed by atoms with Gasteiger partial charge in [-0.1, -0.05) is 32.4 Å². The minimum absolute atomic E-state index is 0.0841. The van der Waals surface area contributed by atoms with Gasteiger partial charge in [-0.3, -0.25) is 19.2 Å². The smallest absolute Gasteiger partial charge is 0.303 e. The van der Waals surface area contributed by atoms with E-state index in [1.54, 1.807) is 33.8 Å². The Morgan fingerprint density at radius 2 is 1.63 bits per heavy atom. The highest BCUT2D eigenvalue weighted by Gasteiger charge is 2.74. The second-order valence-electron chi connectivity index (χ2n) is 17.2. The van der Waals surface area contributed by atoms with Gasteiger partial charge >= 0.3 is 5.97 Å². The van der Waals surface area contributed by atoms with E-state index < -0.39 is 112 Å². The zero-order valence-corrected chi connectivity index (χ0v) is 30.9. The molecule has 4 aliphatic carbocycles. The maximum absolute atomic E-state index is 14.8. The molecule has 0 aromatic carbocycles. The molecule has 0 amide bonds. The maximum Gasteiger partial charge on any atom is 0.303 e. The number of aliphatic hydroxyl groups is 6. The Bertz CT molecular complexity index is 1570. The number of Topliss-reactive ketones (excluding diaryl/α,β-unsaturated/α-hetero) is 2. The third-order valence-electron chi connectivity index (χ3n) is 13.3. The van der Waals surface area contributed by atoms with E-state index in [-0.39, 0.29) is 24.4 Å². The largest absolute Gasteiger partial charge is 0.459 e. The first-order valence-corrected chi connectivity index (χ1v) is 17.6. The van der Waals surface area contributed by atoms with Crippen LogP contribution in [-0.2, 0) is 33.4 Å². The fraction of sp³-hybridized carbons (Fsp3) is 0.737. The van der Waals surface area contributed by atoms with Crippen LogP contribution in [0, 0.1) is 39.4 Å². The molecule has 3 fully saturated rings. The lowest BCUT2D eigenvalue weighted by atomic mass is 9.39. The highest BCUT2D eigenvalue weighted by molar-refractivity contribution is 6.02. The highest BCUT2D eigenvalue weighted by atomic mass is 16.7. The number of allylic oxidation sites excluding steroid dienone is 4. The molecule has 0 aromatic heterocycles. The van der Waals surface area contributed by atoms with Crippen molar-refractivity contribution >= 4 is 23.3 Å². The van der Waals surface area contributed by atoms with Crippen molar-refractivity contribution in [2.75, 3.05) is 6.61 Å². The predicted molar refractivity (Wildman–Crippen MR) is 180 cm³/mol. The van der Waals surface area contributed by atoms with Gasteiger partial charge in [-0.25, -0.2) is 0 Å². The topological polar surface area (TPSA) is 217 Å². The normalized spacial score (nSPS) is 43.3. The molecule has 51 heavy (non-hydrogen) atoms. The summed E-state index contributed by atoms with van der Waals surface area (Å²) < 4.78 is 16.7. The van der Waals surface area contributed by atoms with Gasteiger partial charge in [0.05, 0.1) is 18.1 Å². The van der Waals surface area contributed by atoms with Crippen molar-refractivity contribution in [3.63, 3.8) is 0 Å². The molecule has 284 valence electrons. The molecule has 0 bridgehead atoms. The summed E-state index contributed by atoms with van der Waals surface area (Å²) in [5, 5.41) is 64.6. The Kier molecular flexibility index (Phi) is 9.80. The Labute approximate surface area is 298 Å². The van der Waals surface area contributed by atoms with Crippen LogP contribution >= 0.6 is 0 Å². The lowest BCUT2D eigenvalue weighted by Crippen LogP contribution is -2.64. The number of esters is 1. The molecule has 13 atom stereocenters. The summed E-state index contributed by atoms with van der Waals surface area (Å²) in [5.41, 5.74) is -6.62. The lowest BCUT2D eigenvalue weighted by molar-refractivity contribution is -0.291. The van der Waals surface area contributed by atoms with E-state index in [1.165, 1.54) is 19.9 Å². The maximum atomic E-state index is 14.8. The summed E-state index contributed by atoms with van der Waals surface area (Å²) in [6, 6.07) is 0. The molecule has 6 N–H and O–H groups in total. The summed E-state index contributed by atoms with van der Waals surface area (Å²) in [6.07, 6.45) is -2.57. The Morgan fingerprint density at radius 3 is 2.22 bits per heavy atom. The van der Waals surface area contributed by atoms with Crippen LogP contribution < -0.4 is 0 Å². The van der Waals surface area contributed by atoms with Gasteiger partial charge < -0.3 is 44.8 Å². The van der Waals surface area contributed by atoms with E-state index in [0.29, 0.717) is 12.0 Å². The number of ketones is 3. The number of aliphatic hydroxyl groups excluding tert-OH is 5. The molecule has 0 unspecified atom stereocenters. The first-order chi connectivity index (χ1) is 23.3. The van der Waals surface area contributed by atoms with Gasteiger partial charge in [0, 0.05) is 30.6 Å². The zero-order valence-electron chi connectivity index (χ0n) is 30.9. The number of carbonyl (C=O) groups excluding carboxylic acids is 4. The minimum Gasteiger partial charge on any atom is -0.459 e. The number of ether oxygens (including phenoxy) is 3. The van der Waals surface area contributed by atoms with E-state index in [4.69, 9.17) is 14.2 Å². The molecule has 2 saturated carbocycles. The molecule has 0 spiro atoms. The number of carbonyl (C=O) groups is 4. The van der Waals surface area contributed by atoms with Crippen LogP contribution in [-0.4, -0.2) is 109 Å². The van der Waals surface area contributed by atoms with Gasteiger partial charge in [0.25, 0.3) is 0 Å². The lowest BCUT2D eigenvalue weighted by Gasteiger charge is -2.63. The second-order valence-corrected chi connectivity index (χ2v) is 17.2. The van der Waals surface area contributed by atoms with Crippen molar-refractivity contribution < 1.29 is 64.0 Å². The van der Waals surface area contributed by atoms with Crippen LogP contribution in [0.2, 0.25) is 0 Å². The Hall–Kier alpha value is -2.78. The van der Waals surface area contributed by atoms with E-state index in [1.807, 2.05) is 26.8 Å². The van der Waals surface area contributed by atoms with E-state index in [9.17, 15) is 49.8 Å². The van der Waals surface area contributed by atoms with Crippen molar-refractivity contribution in [3.8, 4) is 0 Å². The molecule has 1 aliphatic heterocycles. The summed E-state index contributed by atoms with van der Waals surface area (Å²) in [5.74, 6) is -4.17. The van der Waals surface area contributed by atoms with Crippen LogP contribution in [0.25, 0.3) is 0 Å². The van der Waals surface area contributed by atoms with E-state index in [2.05, 4.69) is 0 Å². The summed E-state index contributed by atoms with van der Waals surface area (Å²) in [7, 11) is 0. The van der Waals surface area contributed by atoms with Gasteiger partial charge in [0.2, 0.25) is 12.1 Å². The SMILES string of the molecule is CC(=O)OC(C)(C)/C=C/C(=O)[C@](C)(O)[C@H]1[C@H](O)C[C@@]2(C)[C@@H]3CC=C4[C@H](C=C(O[C@@H]5O[C@H](CO)[C@@H](O)[C@H](O)[C@H]5O)C(=O)C4(C)C)[C@]3(C)C(=O)C[C@]12C. The number of fused-ring (bicyclic) bond motifs is 5. The fourth-order valence-electron chi connectivity index (χ4n) is 10.3. The van der Waals surface area contributed by atoms with E-state index in [0.717, 1.165) is 6.08 Å². The zero-order chi connectivity index (χ0) is 38.4. The fourth-order valence-corrected chi connectivity index (χ4v) is 10.3. The summed E-state index contributed by atoms with van der Waals surface area (Å²) >= 11 is 0. The average Bonchev–Trinajstić information content (AvgIpc) is 3.22. The Morgan fingerprint density at radius 1 is 1.00 bits per heavy atom. The van der Waals surface area contributed by atoms with Gasteiger partial charge in [0.15, 0.2) is 11.5 Å². The van der Waals surface area contributed by atoms with Crippen LogP contribution in [0.3, 0.4) is 0 Å². The van der Waals surface area contributed by atoms with Crippen molar-refractivity contribution in [1.29, 1.82) is 0 Å². The molecular formula is C38H54O13.